The van der Waals surface area contributed by atoms with E-state index in [1.54, 1.807) is 24.3 Å². The zero-order valence-electron chi connectivity index (χ0n) is 13.5. The summed E-state index contributed by atoms with van der Waals surface area (Å²) in [6.45, 7) is 2.06. The van der Waals surface area contributed by atoms with Gasteiger partial charge in [-0.1, -0.05) is 0 Å². The van der Waals surface area contributed by atoms with Crippen molar-refractivity contribution >= 4 is 37.1 Å². The number of carbonyl (C=O) groups is 2. The summed E-state index contributed by atoms with van der Waals surface area (Å²) in [6.07, 6.45) is -0.843. The molecule has 0 radical (unpaired) electrons. The molecular formula is C17H19AsN4O3. The first kappa shape index (κ1) is 17.5. The molecule has 0 bridgehead atoms. The van der Waals surface area contributed by atoms with Crippen LogP contribution < -0.4 is 23.9 Å². The number of nitrogens with one attached hydrogen (secondary N) is 3. The number of carbonyl (C=O) groups excluding carboxylic acids is 2. The Balaban J connectivity index is 1.63. The van der Waals surface area contributed by atoms with Crippen molar-refractivity contribution in [2.45, 2.75) is 6.61 Å². The van der Waals surface area contributed by atoms with E-state index in [2.05, 4.69) is 13.8 Å². The third-order valence-electron chi connectivity index (χ3n) is 3.62. The van der Waals surface area contributed by atoms with Gasteiger partial charge in [0.15, 0.2) is 0 Å². The number of ether oxygens (including phenoxy) is 1. The molecule has 0 saturated carbocycles. The fourth-order valence-corrected chi connectivity index (χ4v) is 5.77. The molecule has 1 heterocycles. The first-order valence-electron chi connectivity index (χ1n) is 7.81. The number of amides is 2. The van der Waals surface area contributed by atoms with Crippen LogP contribution in [0.25, 0.3) is 0 Å². The predicted octanol–water partition coefficient (Wildman–Crippen LogP) is 0.422. The summed E-state index contributed by atoms with van der Waals surface area (Å²) < 4.78 is 13.0. The third-order valence-corrected chi connectivity index (χ3v) is 7.59. The van der Waals surface area contributed by atoms with Crippen LogP contribution in [0.2, 0.25) is 0 Å². The van der Waals surface area contributed by atoms with Gasteiger partial charge in [-0.25, -0.2) is 4.79 Å². The molecule has 7 nitrogen and oxygen atoms in total. The Hall–Kier alpha value is -2.34. The first-order valence-corrected chi connectivity index (χ1v) is 10.6. The summed E-state index contributed by atoms with van der Waals surface area (Å²) in [4.78, 5) is 23.1. The first-order chi connectivity index (χ1) is 12.1. The minimum atomic E-state index is -1.31. The molecule has 0 aliphatic carbocycles. The van der Waals surface area contributed by atoms with Gasteiger partial charge in [-0.3, -0.25) is 0 Å². The molecule has 1 fully saturated rings. The van der Waals surface area contributed by atoms with Gasteiger partial charge in [0.25, 0.3) is 0 Å². The molecule has 1 aliphatic heterocycles. The summed E-state index contributed by atoms with van der Waals surface area (Å²) in [5.41, 5.74) is 6.88. The predicted molar refractivity (Wildman–Crippen MR) is 96.6 cm³/mol. The Labute approximate surface area is 150 Å². The Kier molecular flexibility index (Phi) is 5.70. The molecule has 8 heteroatoms. The molecule has 1 saturated heterocycles. The van der Waals surface area contributed by atoms with Gasteiger partial charge in [-0.15, -0.1) is 0 Å². The maximum atomic E-state index is 12.4. The van der Waals surface area contributed by atoms with Crippen LogP contribution in [0.5, 0.6) is 0 Å². The molecule has 0 spiro atoms. The number of anilines is 1. The van der Waals surface area contributed by atoms with Gasteiger partial charge in [-0.2, -0.15) is 0 Å². The summed E-state index contributed by atoms with van der Waals surface area (Å²) >= 11 is -1.31. The van der Waals surface area contributed by atoms with E-state index in [0.717, 1.165) is 18.8 Å². The molecule has 130 valence electrons. The Morgan fingerprint density at radius 3 is 2.52 bits per heavy atom. The molecule has 2 aromatic carbocycles. The summed E-state index contributed by atoms with van der Waals surface area (Å²) in [7, 11) is 0. The summed E-state index contributed by atoms with van der Waals surface area (Å²) in [5, 5.41) is 2.87. The molecule has 0 aromatic heterocycles. The third kappa shape index (κ3) is 4.82. The summed E-state index contributed by atoms with van der Waals surface area (Å²) in [5.74, 6) is -0.219. The number of nitrogens with two attached hydrogens (primary N) is 1. The van der Waals surface area contributed by atoms with Gasteiger partial charge in [0.2, 0.25) is 0 Å². The van der Waals surface area contributed by atoms with E-state index in [-0.39, 0.29) is 12.5 Å². The van der Waals surface area contributed by atoms with Crippen LogP contribution in [0.15, 0.2) is 48.5 Å². The molecule has 1 aliphatic rings. The van der Waals surface area contributed by atoms with Crippen LogP contribution in [0.1, 0.15) is 15.9 Å². The van der Waals surface area contributed by atoms with Crippen molar-refractivity contribution in [2.75, 3.05) is 18.4 Å². The Bertz CT molecular complexity index is 761. The van der Waals surface area contributed by atoms with Crippen LogP contribution in [-0.4, -0.2) is 40.2 Å². The fourth-order valence-electron chi connectivity index (χ4n) is 2.43. The minimum absolute atomic E-state index is 0.0391. The Morgan fingerprint density at radius 2 is 1.84 bits per heavy atom. The van der Waals surface area contributed by atoms with Crippen molar-refractivity contribution in [1.29, 1.82) is 0 Å². The molecule has 2 amide bonds. The quantitative estimate of drug-likeness (QED) is 0.543. The van der Waals surface area contributed by atoms with Crippen molar-refractivity contribution in [2.24, 2.45) is 5.73 Å². The number of benzene rings is 2. The Morgan fingerprint density at radius 1 is 1.12 bits per heavy atom. The number of hydrogen-bond donors (Lipinski definition) is 4. The molecule has 0 atom stereocenters. The molecule has 5 N–H and O–H groups in total. The monoisotopic (exact) mass is 402 g/mol. The van der Waals surface area contributed by atoms with Gasteiger partial charge in [0.05, 0.1) is 0 Å². The second kappa shape index (κ2) is 8.16. The zero-order valence-corrected chi connectivity index (χ0v) is 15.4. The van der Waals surface area contributed by atoms with Crippen LogP contribution in [0, 0.1) is 0 Å². The topological polar surface area (TPSA) is 105 Å². The standard InChI is InChI=1S/C17H19AsN4O3/c19-17(24)25-11-12-2-1-3-13(10-12)16(23)22-15-6-4-14(5-7-15)18-20-8-9-21-18/h1-7,10,20-21H,8-9,11H2,(H2,19,24)(H,22,23). The number of rotatable bonds is 5. The zero-order chi connectivity index (χ0) is 17.6. The van der Waals surface area contributed by atoms with Gasteiger partial charge in [-0.05, 0) is 0 Å². The molecule has 3 rings (SSSR count). The van der Waals surface area contributed by atoms with Crippen molar-refractivity contribution in [3.05, 3.63) is 59.7 Å². The molecular weight excluding hydrogens is 383 g/mol. The van der Waals surface area contributed by atoms with E-state index in [1.165, 1.54) is 4.35 Å². The van der Waals surface area contributed by atoms with Crippen LogP contribution in [0.3, 0.4) is 0 Å². The molecule has 0 unspecified atom stereocenters. The van der Waals surface area contributed by atoms with Crippen molar-refractivity contribution in [3.8, 4) is 0 Å². The van der Waals surface area contributed by atoms with E-state index in [0.29, 0.717) is 11.1 Å². The maximum absolute atomic E-state index is 12.4. The average Bonchev–Trinajstić information content (AvgIpc) is 3.15. The van der Waals surface area contributed by atoms with Gasteiger partial charge >= 0.3 is 140 Å². The summed E-state index contributed by atoms with van der Waals surface area (Å²) in [6, 6.07) is 14.8. The van der Waals surface area contributed by atoms with Crippen molar-refractivity contribution in [3.63, 3.8) is 0 Å². The average molecular weight is 402 g/mol. The number of primary amides is 1. The van der Waals surface area contributed by atoms with E-state index in [1.807, 2.05) is 24.3 Å². The molecule has 2 aromatic rings. The van der Waals surface area contributed by atoms with Gasteiger partial charge < -0.3 is 5.73 Å². The van der Waals surface area contributed by atoms with Crippen LogP contribution in [-0.2, 0) is 11.3 Å². The number of hydrogen-bond acceptors (Lipinski definition) is 5. The fraction of sp³-hybridized carbons (Fsp3) is 0.176. The van der Waals surface area contributed by atoms with Gasteiger partial charge in [0.1, 0.15) is 0 Å². The van der Waals surface area contributed by atoms with Crippen LogP contribution in [0.4, 0.5) is 10.5 Å². The van der Waals surface area contributed by atoms with Gasteiger partial charge in [0, 0.05) is 0 Å². The molecule has 25 heavy (non-hydrogen) atoms. The van der Waals surface area contributed by atoms with E-state index in [9.17, 15) is 9.59 Å². The van der Waals surface area contributed by atoms with Crippen molar-refractivity contribution in [1.82, 2.24) is 8.47 Å². The SMILES string of the molecule is NC(=O)OCc1cccc(C(=O)Nc2ccc([As]3NCCN3)cc2)c1. The van der Waals surface area contributed by atoms with Crippen molar-refractivity contribution < 1.29 is 14.3 Å². The van der Waals surface area contributed by atoms with E-state index in [4.69, 9.17) is 10.5 Å². The van der Waals surface area contributed by atoms with E-state index >= 15 is 0 Å². The van der Waals surface area contributed by atoms with Crippen LogP contribution >= 0.6 is 0 Å². The second-order valence-corrected chi connectivity index (χ2v) is 9.28. The normalized spacial score (nSPS) is 14.2. The van der Waals surface area contributed by atoms with E-state index < -0.39 is 21.2 Å². The second-order valence-electron chi connectivity index (χ2n) is 5.46.